The molecule has 1 saturated heterocycles. The zero-order chi connectivity index (χ0) is 22.8. The van der Waals surface area contributed by atoms with Crippen LogP contribution >= 0.6 is 11.6 Å². The van der Waals surface area contributed by atoms with E-state index in [0.29, 0.717) is 34.2 Å². The van der Waals surface area contributed by atoms with E-state index in [4.69, 9.17) is 16.3 Å². The van der Waals surface area contributed by atoms with Crippen LogP contribution in [0.25, 0.3) is 5.76 Å². The molecule has 3 aromatic carbocycles. The van der Waals surface area contributed by atoms with E-state index in [1.54, 1.807) is 60.7 Å². The molecule has 0 spiro atoms. The van der Waals surface area contributed by atoms with E-state index in [1.165, 1.54) is 4.90 Å². The third kappa shape index (κ3) is 3.99. The van der Waals surface area contributed by atoms with Gasteiger partial charge in [-0.15, -0.1) is 0 Å². The lowest BCUT2D eigenvalue weighted by Crippen LogP contribution is -2.29. The Morgan fingerprint density at radius 1 is 1.03 bits per heavy atom. The van der Waals surface area contributed by atoms with Crippen LogP contribution in [-0.4, -0.2) is 23.4 Å². The van der Waals surface area contributed by atoms with Crippen LogP contribution in [0.15, 0.2) is 78.4 Å². The number of amides is 1. The lowest BCUT2D eigenvalue weighted by atomic mass is 9.95. The molecule has 32 heavy (non-hydrogen) atoms. The number of carbonyl (C=O) groups is 2. The minimum absolute atomic E-state index is 0.0305. The van der Waals surface area contributed by atoms with Crippen LogP contribution in [-0.2, 0) is 9.59 Å². The van der Waals surface area contributed by atoms with E-state index in [9.17, 15) is 14.7 Å². The van der Waals surface area contributed by atoms with Crippen LogP contribution in [0.4, 0.5) is 5.69 Å². The Kier molecular flexibility index (Phi) is 6.01. The summed E-state index contributed by atoms with van der Waals surface area (Å²) in [7, 11) is 0. The summed E-state index contributed by atoms with van der Waals surface area (Å²) in [5.41, 5.74) is 2.67. The van der Waals surface area contributed by atoms with Crippen molar-refractivity contribution < 1.29 is 19.4 Å². The van der Waals surface area contributed by atoms with Crippen molar-refractivity contribution in [2.24, 2.45) is 0 Å². The third-order valence-electron chi connectivity index (χ3n) is 5.36. The Balaban J connectivity index is 1.91. The molecule has 0 bridgehead atoms. The van der Waals surface area contributed by atoms with Gasteiger partial charge in [0.05, 0.1) is 18.2 Å². The first-order chi connectivity index (χ1) is 15.4. The molecule has 1 amide bonds. The van der Waals surface area contributed by atoms with Gasteiger partial charge in [-0.05, 0) is 43.7 Å². The molecule has 0 radical (unpaired) electrons. The second kappa shape index (κ2) is 8.89. The molecule has 1 fully saturated rings. The maximum Gasteiger partial charge on any atom is 0.300 e. The summed E-state index contributed by atoms with van der Waals surface area (Å²) in [4.78, 5) is 27.8. The number of hydrogen-bond acceptors (Lipinski definition) is 4. The number of hydrogen-bond donors (Lipinski definition) is 1. The standard InChI is InChI=1S/C26H22ClNO4/c1-3-32-21-6-4-5-20(15-21)28-23(17-11-13-19(27)14-12-17)22(25(30)26(28)31)24(29)18-9-7-16(2)8-10-18/h4-15,23,29H,3H2,1-2H3/b24-22+. The first kappa shape index (κ1) is 21.7. The lowest BCUT2D eigenvalue weighted by molar-refractivity contribution is -0.132. The minimum Gasteiger partial charge on any atom is -0.507 e. The normalized spacial score (nSPS) is 17.6. The average molecular weight is 448 g/mol. The third-order valence-corrected chi connectivity index (χ3v) is 5.61. The summed E-state index contributed by atoms with van der Waals surface area (Å²) in [5, 5.41) is 11.6. The zero-order valence-electron chi connectivity index (χ0n) is 17.7. The number of ketones is 1. The van der Waals surface area contributed by atoms with E-state index in [-0.39, 0.29) is 11.3 Å². The number of aryl methyl sites for hydroxylation is 1. The summed E-state index contributed by atoms with van der Waals surface area (Å²) in [6, 6.07) is 20.2. The molecule has 5 nitrogen and oxygen atoms in total. The molecule has 0 aliphatic carbocycles. The quantitative estimate of drug-likeness (QED) is 0.310. The van der Waals surface area contributed by atoms with E-state index >= 15 is 0 Å². The molecule has 0 aromatic heterocycles. The number of anilines is 1. The Labute approximate surface area is 191 Å². The van der Waals surface area contributed by atoms with Crippen molar-refractivity contribution in [1.29, 1.82) is 0 Å². The summed E-state index contributed by atoms with van der Waals surface area (Å²) >= 11 is 6.07. The summed E-state index contributed by atoms with van der Waals surface area (Å²) in [6.45, 7) is 4.27. The number of aliphatic hydroxyl groups is 1. The molecule has 1 N–H and O–H groups in total. The molecule has 6 heteroatoms. The largest absolute Gasteiger partial charge is 0.507 e. The van der Waals surface area contributed by atoms with Crippen molar-refractivity contribution >= 4 is 34.7 Å². The molecule has 4 rings (SSSR count). The van der Waals surface area contributed by atoms with Crippen LogP contribution in [0.3, 0.4) is 0 Å². The lowest BCUT2D eigenvalue weighted by Gasteiger charge is -2.26. The van der Waals surface area contributed by atoms with Gasteiger partial charge in [0.1, 0.15) is 11.5 Å². The highest BCUT2D eigenvalue weighted by Crippen LogP contribution is 2.43. The number of aliphatic hydroxyl groups excluding tert-OH is 1. The summed E-state index contributed by atoms with van der Waals surface area (Å²) < 4.78 is 5.58. The van der Waals surface area contributed by atoms with Crippen LogP contribution in [0.2, 0.25) is 5.02 Å². The molecule has 162 valence electrons. The SMILES string of the molecule is CCOc1cccc(N2C(=O)C(=O)/C(=C(/O)c3ccc(C)cc3)C2c2ccc(Cl)cc2)c1. The van der Waals surface area contributed by atoms with Gasteiger partial charge in [-0.3, -0.25) is 14.5 Å². The molecule has 0 saturated carbocycles. The van der Waals surface area contributed by atoms with Gasteiger partial charge in [-0.25, -0.2) is 0 Å². The van der Waals surface area contributed by atoms with Crippen LogP contribution < -0.4 is 9.64 Å². The molecule has 1 heterocycles. The number of rotatable bonds is 5. The zero-order valence-corrected chi connectivity index (χ0v) is 18.5. The van der Waals surface area contributed by atoms with Crippen molar-refractivity contribution in [3.8, 4) is 5.75 Å². The van der Waals surface area contributed by atoms with Gasteiger partial charge in [0.2, 0.25) is 0 Å². The fourth-order valence-electron chi connectivity index (χ4n) is 3.82. The Hall–Kier alpha value is -3.57. The van der Waals surface area contributed by atoms with Crippen molar-refractivity contribution in [2.45, 2.75) is 19.9 Å². The highest BCUT2D eigenvalue weighted by molar-refractivity contribution is 6.51. The van der Waals surface area contributed by atoms with Crippen molar-refractivity contribution in [2.75, 3.05) is 11.5 Å². The Morgan fingerprint density at radius 2 is 1.72 bits per heavy atom. The van der Waals surface area contributed by atoms with Gasteiger partial charge in [-0.1, -0.05) is 59.6 Å². The maximum atomic E-state index is 13.2. The van der Waals surface area contributed by atoms with Crippen molar-refractivity contribution in [3.05, 3.63) is 100 Å². The predicted molar refractivity (Wildman–Crippen MR) is 125 cm³/mol. The van der Waals surface area contributed by atoms with Gasteiger partial charge in [-0.2, -0.15) is 0 Å². The molecule has 3 aromatic rings. The van der Waals surface area contributed by atoms with Gasteiger partial charge in [0, 0.05) is 22.3 Å². The van der Waals surface area contributed by atoms with Gasteiger partial charge in [0.15, 0.2) is 0 Å². The fourth-order valence-corrected chi connectivity index (χ4v) is 3.94. The van der Waals surface area contributed by atoms with E-state index < -0.39 is 17.7 Å². The van der Waals surface area contributed by atoms with E-state index in [2.05, 4.69) is 0 Å². The van der Waals surface area contributed by atoms with Crippen molar-refractivity contribution in [3.63, 3.8) is 0 Å². The number of benzene rings is 3. The Bertz CT molecular complexity index is 1200. The number of Topliss-reactive ketones (excluding diaryl/α,β-unsaturated/α-hetero) is 1. The highest BCUT2D eigenvalue weighted by atomic mass is 35.5. The Morgan fingerprint density at radius 3 is 2.38 bits per heavy atom. The van der Waals surface area contributed by atoms with Gasteiger partial charge in [0.25, 0.3) is 11.7 Å². The predicted octanol–water partition coefficient (Wildman–Crippen LogP) is 5.67. The average Bonchev–Trinajstić information content (AvgIpc) is 3.05. The number of ether oxygens (including phenoxy) is 1. The van der Waals surface area contributed by atoms with Gasteiger partial charge >= 0.3 is 0 Å². The number of carbonyl (C=O) groups excluding carboxylic acids is 2. The first-order valence-corrected chi connectivity index (χ1v) is 10.6. The maximum absolute atomic E-state index is 13.2. The fraction of sp³-hybridized carbons (Fsp3) is 0.154. The topological polar surface area (TPSA) is 66.8 Å². The van der Waals surface area contributed by atoms with E-state index in [1.807, 2.05) is 26.0 Å². The van der Waals surface area contributed by atoms with Crippen LogP contribution in [0, 0.1) is 6.92 Å². The molecule has 1 aliphatic heterocycles. The van der Waals surface area contributed by atoms with Crippen LogP contribution in [0.1, 0.15) is 29.7 Å². The van der Waals surface area contributed by atoms with Gasteiger partial charge < -0.3 is 9.84 Å². The van der Waals surface area contributed by atoms with Crippen molar-refractivity contribution in [1.82, 2.24) is 0 Å². The second-order valence-corrected chi connectivity index (χ2v) is 7.95. The smallest absolute Gasteiger partial charge is 0.300 e. The minimum atomic E-state index is -0.814. The number of nitrogens with zero attached hydrogens (tertiary/aromatic N) is 1. The summed E-state index contributed by atoms with van der Waals surface area (Å²) in [6.07, 6.45) is 0. The van der Waals surface area contributed by atoms with Crippen LogP contribution in [0.5, 0.6) is 5.75 Å². The molecular formula is C26H22ClNO4. The molecule has 1 atom stereocenters. The number of halogens is 1. The monoisotopic (exact) mass is 447 g/mol. The summed E-state index contributed by atoms with van der Waals surface area (Å²) in [5.74, 6) is -1.09. The second-order valence-electron chi connectivity index (χ2n) is 7.52. The van der Waals surface area contributed by atoms with E-state index in [0.717, 1.165) is 5.56 Å². The molecule has 1 unspecified atom stereocenters. The molecule has 1 aliphatic rings. The first-order valence-electron chi connectivity index (χ1n) is 10.3. The molecular weight excluding hydrogens is 426 g/mol. The highest BCUT2D eigenvalue weighted by Gasteiger charge is 2.47.